The minimum Gasteiger partial charge on any atom is -0.384 e. The van der Waals surface area contributed by atoms with Gasteiger partial charge in [0.25, 0.3) is 0 Å². The van der Waals surface area contributed by atoms with Gasteiger partial charge >= 0.3 is 0 Å². The lowest BCUT2D eigenvalue weighted by molar-refractivity contribution is 0.134. The number of piperidine rings is 1. The Labute approximate surface area is 109 Å². The van der Waals surface area contributed by atoms with Crippen LogP contribution in [0.5, 0.6) is 0 Å². The molecule has 3 heteroatoms. The van der Waals surface area contributed by atoms with E-state index in [-0.39, 0.29) is 5.84 Å². The maximum absolute atomic E-state index is 7.48. The first-order valence-corrected chi connectivity index (χ1v) is 6.70. The highest BCUT2D eigenvalue weighted by molar-refractivity contribution is 5.95. The van der Waals surface area contributed by atoms with Crippen molar-refractivity contribution in [1.29, 1.82) is 5.41 Å². The SMILES string of the molecule is CC1CC(C)CN(Cc2cccc(C(=N)N)c2)C1. The average Bonchev–Trinajstić information content (AvgIpc) is 2.27. The van der Waals surface area contributed by atoms with Crippen LogP contribution in [0, 0.1) is 17.2 Å². The molecule has 0 aliphatic carbocycles. The summed E-state index contributed by atoms with van der Waals surface area (Å²) in [6.07, 6.45) is 1.34. The third-order valence-corrected chi connectivity index (χ3v) is 3.59. The van der Waals surface area contributed by atoms with Crippen LogP contribution in [0.25, 0.3) is 0 Å². The van der Waals surface area contributed by atoms with Crippen molar-refractivity contribution in [2.75, 3.05) is 13.1 Å². The first-order valence-electron chi connectivity index (χ1n) is 6.70. The van der Waals surface area contributed by atoms with E-state index in [2.05, 4.69) is 24.8 Å². The number of nitrogens with zero attached hydrogens (tertiary/aromatic N) is 1. The molecule has 98 valence electrons. The molecule has 0 radical (unpaired) electrons. The van der Waals surface area contributed by atoms with E-state index in [9.17, 15) is 0 Å². The molecule has 0 aromatic heterocycles. The van der Waals surface area contributed by atoms with Crippen molar-refractivity contribution in [3.8, 4) is 0 Å². The van der Waals surface area contributed by atoms with Crippen LogP contribution in [-0.4, -0.2) is 23.8 Å². The van der Waals surface area contributed by atoms with E-state index in [0.717, 1.165) is 23.9 Å². The van der Waals surface area contributed by atoms with Gasteiger partial charge in [-0.05, 0) is 29.9 Å². The van der Waals surface area contributed by atoms with Gasteiger partial charge in [-0.1, -0.05) is 32.0 Å². The molecular weight excluding hydrogens is 222 g/mol. The molecule has 1 heterocycles. The number of hydrogen-bond acceptors (Lipinski definition) is 2. The van der Waals surface area contributed by atoms with E-state index in [1.165, 1.54) is 25.1 Å². The summed E-state index contributed by atoms with van der Waals surface area (Å²) in [4.78, 5) is 2.51. The third-order valence-electron chi connectivity index (χ3n) is 3.59. The molecule has 3 N–H and O–H groups in total. The maximum Gasteiger partial charge on any atom is 0.122 e. The van der Waals surface area contributed by atoms with Crippen molar-refractivity contribution >= 4 is 5.84 Å². The van der Waals surface area contributed by atoms with Gasteiger partial charge in [-0.15, -0.1) is 0 Å². The summed E-state index contributed by atoms with van der Waals surface area (Å²) in [6, 6.07) is 8.04. The normalized spacial score (nSPS) is 25.0. The number of likely N-dealkylation sites (tertiary alicyclic amines) is 1. The van der Waals surface area contributed by atoms with Crippen LogP contribution >= 0.6 is 0 Å². The van der Waals surface area contributed by atoms with Gasteiger partial charge in [0, 0.05) is 25.2 Å². The molecule has 1 aliphatic heterocycles. The van der Waals surface area contributed by atoms with Crippen LogP contribution < -0.4 is 5.73 Å². The zero-order valence-electron chi connectivity index (χ0n) is 11.3. The molecule has 0 spiro atoms. The highest BCUT2D eigenvalue weighted by Gasteiger charge is 2.21. The quantitative estimate of drug-likeness (QED) is 0.635. The monoisotopic (exact) mass is 245 g/mol. The minimum absolute atomic E-state index is 0.150. The number of benzene rings is 1. The van der Waals surface area contributed by atoms with Gasteiger partial charge in [0.15, 0.2) is 0 Å². The van der Waals surface area contributed by atoms with E-state index in [1.807, 2.05) is 18.2 Å². The van der Waals surface area contributed by atoms with Gasteiger partial charge in [0.1, 0.15) is 5.84 Å². The Morgan fingerprint density at radius 3 is 2.61 bits per heavy atom. The summed E-state index contributed by atoms with van der Waals surface area (Å²) < 4.78 is 0. The zero-order valence-corrected chi connectivity index (χ0v) is 11.3. The first-order chi connectivity index (χ1) is 8.54. The van der Waals surface area contributed by atoms with Crippen LogP contribution in [0.2, 0.25) is 0 Å². The molecular formula is C15H23N3. The third kappa shape index (κ3) is 3.33. The fourth-order valence-electron chi connectivity index (χ4n) is 3.02. The van der Waals surface area contributed by atoms with Crippen molar-refractivity contribution in [3.63, 3.8) is 0 Å². The molecule has 2 unspecified atom stereocenters. The summed E-state index contributed by atoms with van der Waals surface area (Å²) in [6.45, 7) is 7.97. The van der Waals surface area contributed by atoms with E-state index >= 15 is 0 Å². The van der Waals surface area contributed by atoms with Crippen LogP contribution in [0.4, 0.5) is 0 Å². The van der Waals surface area contributed by atoms with Crippen LogP contribution in [0.3, 0.4) is 0 Å². The second kappa shape index (κ2) is 5.53. The Hall–Kier alpha value is -1.35. The van der Waals surface area contributed by atoms with Gasteiger partial charge in [0.05, 0.1) is 0 Å². The lowest BCUT2D eigenvalue weighted by atomic mass is 9.91. The van der Waals surface area contributed by atoms with Gasteiger partial charge in [-0.25, -0.2) is 0 Å². The number of nitrogens with one attached hydrogen (secondary N) is 1. The van der Waals surface area contributed by atoms with Crippen molar-refractivity contribution in [3.05, 3.63) is 35.4 Å². The Bertz CT molecular complexity index is 418. The summed E-state index contributed by atoms with van der Waals surface area (Å²) >= 11 is 0. The Morgan fingerprint density at radius 2 is 2.00 bits per heavy atom. The van der Waals surface area contributed by atoms with Crippen molar-refractivity contribution in [1.82, 2.24) is 4.90 Å². The van der Waals surface area contributed by atoms with Gasteiger partial charge in [0.2, 0.25) is 0 Å². The van der Waals surface area contributed by atoms with Gasteiger partial charge in [-0.3, -0.25) is 10.3 Å². The van der Waals surface area contributed by atoms with Crippen LogP contribution in [0.1, 0.15) is 31.4 Å². The standard InChI is InChI=1S/C15H23N3/c1-11-6-12(2)9-18(8-11)10-13-4-3-5-14(7-13)15(16)17/h3-5,7,11-12H,6,8-10H2,1-2H3,(H3,16,17). The number of nitrogens with two attached hydrogens (primary N) is 1. The number of nitrogen functional groups attached to an aromatic ring is 1. The molecule has 2 atom stereocenters. The predicted molar refractivity (Wildman–Crippen MR) is 75.7 cm³/mol. The number of rotatable bonds is 3. The smallest absolute Gasteiger partial charge is 0.122 e. The summed E-state index contributed by atoms with van der Waals surface area (Å²) in [7, 11) is 0. The molecule has 1 aromatic rings. The van der Waals surface area contributed by atoms with Gasteiger partial charge in [-0.2, -0.15) is 0 Å². The molecule has 1 aliphatic rings. The second-order valence-electron chi connectivity index (χ2n) is 5.75. The van der Waals surface area contributed by atoms with Gasteiger partial charge < -0.3 is 5.73 Å². The highest BCUT2D eigenvalue weighted by atomic mass is 15.1. The topological polar surface area (TPSA) is 53.1 Å². The molecule has 2 rings (SSSR count). The molecule has 1 aromatic carbocycles. The van der Waals surface area contributed by atoms with Crippen molar-refractivity contribution in [2.45, 2.75) is 26.8 Å². The number of amidine groups is 1. The van der Waals surface area contributed by atoms with E-state index in [0.29, 0.717) is 0 Å². The van der Waals surface area contributed by atoms with E-state index in [1.54, 1.807) is 0 Å². The maximum atomic E-state index is 7.48. The van der Waals surface area contributed by atoms with E-state index in [4.69, 9.17) is 11.1 Å². The molecule has 0 saturated carbocycles. The Kier molecular flexibility index (Phi) is 4.02. The second-order valence-corrected chi connectivity index (χ2v) is 5.75. The molecule has 1 saturated heterocycles. The van der Waals surface area contributed by atoms with E-state index < -0.39 is 0 Å². The Balaban J connectivity index is 2.04. The first kappa shape index (κ1) is 13.1. The fourth-order valence-corrected chi connectivity index (χ4v) is 3.02. The van der Waals surface area contributed by atoms with Crippen LogP contribution in [-0.2, 0) is 6.54 Å². The van der Waals surface area contributed by atoms with Crippen LogP contribution in [0.15, 0.2) is 24.3 Å². The summed E-state index contributed by atoms with van der Waals surface area (Å²) in [5, 5.41) is 7.48. The van der Waals surface area contributed by atoms with Crippen molar-refractivity contribution in [2.24, 2.45) is 17.6 Å². The molecule has 1 fully saturated rings. The summed E-state index contributed by atoms with van der Waals surface area (Å²) in [5.74, 6) is 1.71. The summed E-state index contributed by atoms with van der Waals surface area (Å²) in [5.41, 5.74) is 7.61. The largest absolute Gasteiger partial charge is 0.384 e. The average molecular weight is 245 g/mol. The highest BCUT2D eigenvalue weighted by Crippen LogP contribution is 2.22. The Morgan fingerprint density at radius 1 is 1.33 bits per heavy atom. The lowest BCUT2D eigenvalue weighted by Crippen LogP contribution is -2.38. The predicted octanol–water partition coefficient (Wildman–Crippen LogP) is 2.45. The van der Waals surface area contributed by atoms with Crippen molar-refractivity contribution < 1.29 is 0 Å². The fraction of sp³-hybridized carbons (Fsp3) is 0.533. The molecule has 3 nitrogen and oxygen atoms in total. The molecule has 18 heavy (non-hydrogen) atoms. The zero-order chi connectivity index (χ0) is 13.1. The molecule has 0 bridgehead atoms. The molecule has 0 amide bonds. The minimum atomic E-state index is 0.150. The number of hydrogen-bond donors (Lipinski definition) is 2. The lowest BCUT2D eigenvalue weighted by Gasteiger charge is -2.35.